The molecule has 2 rings (SSSR count). The molecule has 2 aromatic rings. The van der Waals surface area contributed by atoms with E-state index in [-0.39, 0.29) is 24.4 Å². The molecule has 3 nitrogen and oxygen atoms in total. The summed E-state index contributed by atoms with van der Waals surface area (Å²) in [6, 6.07) is 10.3. The van der Waals surface area contributed by atoms with Crippen molar-refractivity contribution in [1.82, 2.24) is 5.32 Å². The fourth-order valence-electron chi connectivity index (χ4n) is 2.65. The minimum Gasteiger partial charge on any atom is -0.394 e. The number of aliphatic hydroxyl groups is 1. The number of nitrogens with one attached hydrogen (secondary N) is 1. The number of carbonyl (C=O) groups is 1. The number of aliphatic hydroxyl groups excluding tert-OH is 1. The number of aryl methyl sites for hydroxylation is 2. The number of hydrogen-bond acceptors (Lipinski definition) is 2. The van der Waals surface area contributed by atoms with Gasteiger partial charge < -0.3 is 10.4 Å². The molecular formula is C21H24FNO2. The van der Waals surface area contributed by atoms with E-state index in [1.54, 1.807) is 26.0 Å². The molecule has 0 unspecified atom stereocenters. The van der Waals surface area contributed by atoms with E-state index in [2.05, 4.69) is 5.32 Å². The minimum absolute atomic E-state index is 0.103. The Hall–Kier alpha value is -2.46. The molecule has 0 heterocycles. The lowest BCUT2D eigenvalue weighted by atomic mass is 9.94. The lowest BCUT2D eigenvalue weighted by Gasteiger charge is -2.13. The second-order valence-corrected chi connectivity index (χ2v) is 6.39. The molecule has 0 radical (unpaired) electrons. The van der Waals surface area contributed by atoms with Gasteiger partial charge in [0.25, 0.3) is 0 Å². The van der Waals surface area contributed by atoms with Gasteiger partial charge in [-0.1, -0.05) is 30.3 Å². The molecule has 1 atom stereocenters. The van der Waals surface area contributed by atoms with E-state index >= 15 is 0 Å². The average Bonchev–Trinajstić information content (AvgIpc) is 2.58. The summed E-state index contributed by atoms with van der Waals surface area (Å²) in [5, 5.41) is 11.8. The number of rotatable bonds is 5. The highest BCUT2D eigenvalue weighted by molar-refractivity contribution is 5.97. The van der Waals surface area contributed by atoms with Crippen LogP contribution in [0.5, 0.6) is 0 Å². The van der Waals surface area contributed by atoms with Crippen LogP contribution >= 0.6 is 0 Å². The fraction of sp³-hybridized carbons (Fsp3) is 0.286. The van der Waals surface area contributed by atoms with Crippen molar-refractivity contribution in [3.63, 3.8) is 0 Å². The lowest BCUT2D eigenvalue weighted by molar-refractivity contribution is -0.118. The van der Waals surface area contributed by atoms with Gasteiger partial charge in [0.15, 0.2) is 0 Å². The van der Waals surface area contributed by atoms with E-state index in [9.17, 15) is 9.18 Å². The fourth-order valence-corrected chi connectivity index (χ4v) is 2.65. The Morgan fingerprint density at radius 2 is 1.88 bits per heavy atom. The van der Waals surface area contributed by atoms with Gasteiger partial charge in [-0.05, 0) is 62.1 Å². The van der Waals surface area contributed by atoms with Crippen molar-refractivity contribution in [3.8, 4) is 11.1 Å². The SMILES string of the molecule is CC(=Cc1cc(C)c(-c2ccccc2F)cc1C)C(=O)N[C@H](C)CO. The maximum Gasteiger partial charge on any atom is 0.247 e. The zero-order valence-corrected chi connectivity index (χ0v) is 15.1. The maximum atomic E-state index is 14.1. The third kappa shape index (κ3) is 4.54. The summed E-state index contributed by atoms with van der Waals surface area (Å²) in [5.74, 6) is -0.460. The molecule has 0 aliphatic rings. The Bertz CT molecular complexity index is 812. The summed E-state index contributed by atoms with van der Waals surface area (Å²) < 4.78 is 14.1. The highest BCUT2D eigenvalue weighted by atomic mass is 19.1. The maximum absolute atomic E-state index is 14.1. The molecule has 0 aliphatic heterocycles. The zero-order valence-electron chi connectivity index (χ0n) is 15.1. The van der Waals surface area contributed by atoms with Gasteiger partial charge in [-0.15, -0.1) is 0 Å². The molecule has 0 fully saturated rings. The number of hydrogen-bond donors (Lipinski definition) is 2. The Labute approximate surface area is 148 Å². The second kappa shape index (κ2) is 8.08. The van der Waals surface area contributed by atoms with Crippen LogP contribution in [-0.4, -0.2) is 23.7 Å². The third-order valence-electron chi connectivity index (χ3n) is 4.16. The van der Waals surface area contributed by atoms with Gasteiger partial charge in [0.05, 0.1) is 6.61 Å². The Morgan fingerprint density at radius 3 is 2.52 bits per heavy atom. The third-order valence-corrected chi connectivity index (χ3v) is 4.16. The summed E-state index contributed by atoms with van der Waals surface area (Å²) in [5.41, 5.74) is 4.81. The molecule has 4 heteroatoms. The van der Waals surface area contributed by atoms with Crippen LogP contribution in [0.25, 0.3) is 17.2 Å². The van der Waals surface area contributed by atoms with Crippen LogP contribution < -0.4 is 5.32 Å². The molecule has 0 aliphatic carbocycles. The number of halogens is 1. The van der Waals surface area contributed by atoms with E-state index in [1.807, 2.05) is 38.1 Å². The Balaban J connectivity index is 2.36. The van der Waals surface area contributed by atoms with Crippen molar-refractivity contribution < 1.29 is 14.3 Å². The summed E-state index contributed by atoms with van der Waals surface area (Å²) in [6.45, 7) is 7.25. The smallest absolute Gasteiger partial charge is 0.247 e. The lowest BCUT2D eigenvalue weighted by Crippen LogP contribution is -2.35. The first-order valence-electron chi connectivity index (χ1n) is 8.29. The first kappa shape index (κ1) is 18.9. The first-order valence-corrected chi connectivity index (χ1v) is 8.29. The van der Waals surface area contributed by atoms with Crippen LogP contribution in [0.3, 0.4) is 0 Å². The van der Waals surface area contributed by atoms with Crippen LogP contribution in [0.2, 0.25) is 0 Å². The second-order valence-electron chi connectivity index (χ2n) is 6.39. The van der Waals surface area contributed by atoms with Gasteiger partial charge in [0.1, 0.15) is 5.82 Å². The highest BCUT2D eigenvalue weighted by Crippen LogP contribution is 2.29. The normalized spacial score (nSPS) is 12.8. The first-order chi connectivity index (χ1) is 11.8. The molecule has 0 aromatic heterocycles. The summed E-state index contributed by atoms with van der Waals surface area (Å²) in [4.78, 5) is 12.1. The van der Waals surface area contributed by atoms with E-state index in [0.717, 1.165) is 22.3 Å². The molecule has 132 valence electrons. The Kier molecular flexibility index (Phi) is 6.10. The molecule has 25 heavy (non-hydrogen) atoms. The van der Waals surface area contributed by atoms with E-state index in [4.69, 9.17) is 5.11 Å². The Morgan fingerprint density at radius 1 is 1.20 bits per heavy atom. The van der Waals surface area contributed by atoms with E-state index < -0.39 is 0 Å². The van der Waals surface area contributed by atoms with Crippen molar-refractivity contribution in [3.05, 3.63) is 64.5 Å². The van der Waals surface area contributed by atoms with E-state index in [1.165, 1.54) is 6.07 Å². The molecular weight excluding hydrogens is 317 g/mol. The molecule has 0 bridgehead atoms. The molecule has 2 N–H and O–H groups in total. The van der Waals surface area contributed by atoms with Gasteiger partial charge >= 0.3 is 0 Å². The van der Waals surface area contributed by atoms with Gasteiger partial charge in [-0.25, -0.2) is 4.39 Å². The zero-order chi connectivity index (χ0) is 18.6. The van der Waals surface area contributed by atoms with Gasteiger partial charge in [-0.3, -0.25) is 4.79 Å². The van der Waals surface area contributed by atoms with Crippen molar-refractivity contribution in [2.45, 2.75) is 33.7 Å². The molecule has 0 saturated heterocycles. The molecule has 1 amide bonds. The number of amides is 1. The largest absolute Gasteiger partial charge is 0.394 e. The van der Waals surface area contributed by atoms with Crippen molar-refractivity contribution in [2.24, 2.45) is 0 Å². The summed E-state index contributed by atoms with van der Waals surface area (Å²) >= 11 is 0. The van der Waals surface area contributed by atoms with Crippen LogP contribution in [0.15, 0.2) is 42.0 Å². The summed E-state index contributed by atoms with van der Waals surface area (Å²) in [6.07, 6.45) is 1.81. The van der Waals surface area contributed by atoms with Crippen molar-refractivity contribution in [1.29, 1.82) is 0 Å². The van der Waals surface area contributed by atoms with Crippen molar-refractivity contribution in [2.75, 3.05) is 6.61 Å². The summed E-state index contributed by atoms with van der Waals surface area (Å²) in [7, 11) is 0. The van der Waals surface area contributed by atoms with Crippen molar-refractivity contribution >= 4 is 12.0 Å². The number of carbonyl (C=O) groups excluding carboxylic acids is 1. The standard InChI is InChI=1S/C21H24FNO2/c1-13-11-19(18-7-5-6-8-20(18)22)14(2)9-17(13)10-15(3)21(25)23-16(4)12-24/h5-11,16,24H,12H2,1-4H3,(H,23,25)/t16-/m1/s1. The molecule has 0 saturated carbocycles. The van der Waals surface area contributed by atoms with E-state index in [0.29, 0.717) is 11.1 Å². The number of benzene rings is 2. The predicted octanol–water partition coefficient (Wildman–Crippen LogP) is 4.01. The quantitative estimate of drug-likeness (QED) is 0.807. The monoisotopic (exact) mass is 341 g/mol. The van der Waals surface area contributed by atoms with Crippen LogP contribution in [0.4, 0.5) is 4.39 Å². The molecule has 0 spiro atoms. The van der Waals surface area contributed by atoms with Gasteiger partial charge in [-0.2, -0.15) is 0 Å². The van der Waals surface area contributed by atoms with Gasteiger partial charge in [0.2, 0.25) is 5.91 Å². The topological polar surface area (TPSA) is 49.3 Å². The van der Waals surface area contributed by atoms with Crippen LogP contribution in [0, 0.1) is 19.7 Å². The minimum atomic E-state index is -0.290. The highest BCUT2D eigenvalue weighted by Gasteiger charge is 2.12. The van der Waals surface area contributed by atoms with Crippen LogP contribution in [-0.2, 0) is 4.79 Å². The average molecular weight is 341 g/mol. The molecule has 2 aromatic carbocycles. The predicted molar refractivity (Wildman–Crippen MR) is 99.7 cm³/mol. The van der Waals surface area contributed by atoms with Crippen LogP contribution in [0.1, 0.15) is 30.5 Å². The van der Waals surface area contributed by atoms with Gasteiger partial charge in [0, 0.05) is 17.2 Å².